The first-order valence-corrected chi connectivity index (χ1v) is 8.43. The number of benzene rings is 2. The minimum absolute atomic E-state index is 0.130. The van der Waals surface area contributed by atoms with E-state index in [4.69, 9.17) is 16.7 Å². The number of nitrogens with one attached hydrogen (secondary N) is 1. The standard InChI is InChI=1S/C17H15BrClN3O/c18-11-6-7-15-13(10-11)16(12-4-1-2-5-14(12)19)22-17(21-15)20-8-3-9-23/h1-2,4-7,10,23H,3,8-9H2,(H,20,21,22). The zero-order valence-electron chi connectivity index (χ0n) is 12.3. The van der Waals surface area contributed by atoms with E-state index in [2.05, 4.69) is 31.2 Å². The van der Waals surface area contributed by atoms with Crippen LogP contribution in [-0.4, -0.2) is 28.2 Å². The van der Waals surface area contributed by atoms with Gasteiger partial charge in [0.05, 0.1) is 11.2 Å². The van der Waals surface area contributed by atoms with Crippen LogP contribution >= 0.6 is 27.5 Å². The normalized spacial score (nSPS) is 10.9. The minimum Gasteiger partial charge on any atom is -0.396 e. The largest absolute Gasteiger partial charge is 0.396 e. The van der Waals surface area contributed by atoms with Crippen molar-refractivity contribution >= 4 is 44.4 Å². The molecule has 0 atom stereocenters. The maximum Gasteiger partial charge on any atom is 0.223 e. The molecule has 118 valence electrons. The summed E-state index contributed by atoms with van der Waals surface area (Å²) in [5.74, 6) is 0.531. The average molecular weight is 393 g/mol. The van der Waals surface area contributed by atoms with Gasteiger partial charge in [0, 0.05) is 33.6 Å². The lowest BCUT2D eigenvalue weighted by atomic mass is 10.1. The van der Waals surface area contributed by atoms with E-state index in [0.29, 0.717) is 23.9 Å². The van der Waals surface area contributed by atoms with Crippen LogP contribution in [0.1, 0.15) is 6.42 Å². The third-order valence-electron chi connectivity index (χ3n) is 3.40. The molecule has 1 aromatic heterocycles. The first-order valence-electron chi connectivity index (χ1n) is 7.26. The van der Waals surface area contributed by atoms with Crippen molar-refractivity contribution in [3.63, 3.8) is 0 Å². The topological polar surface area (TPSA) is 58.0 Å². The van der Waals surface area contributed by atoms with Crippen molar-refractivity contribution in [1.29, 1.82) is 0 Å². The maximum atomic E-state index is 8.91. The van der Waals surface area contributed by atoms with Crippen molar-refractivity contribution in [2.24, 2.45) is 0 Å². The highest BCUT2D eigenvalue weighted by atomic mass is 79.9. The van der Waals surface area contributed by atoms with Gasteiger partial charge in [-0.25, -0.2) is 9.97 Å². The third-order valence-corrected chi connectivity index (χ3v) is 4.23. The van der Waals surface area contributed by atoms with Crippen LogP contribution < -0.4 is 5.32 Å². The Kier molecular flexibility index (Phi) is 5.10. The van der Waals surface area contributed by atoms with Crippen molar-refractivity contribution in [1.82, 2.24) is 9.97 Å². The average Bonchev–Trinajstić information content (AvgIpc) is 2.55. The SMILES string of the molecule is OCCCNc1nc(-c2ccccc2Cl)c2cc(Br)ccc2n1. The number of anilines is 1. The Morgan fingerprint density at radius 1 is 1.13 bits per heavy atom. The molecule has 0 spiro atoms. The van der Waals surface area contributed by atoms with E-state index in [1.165, 1.54) is 0 Å². The molecule has 0 aliphatic heterocycles. The van der Waals surface area contributed by atoms with Gasteiger partial charge in [0.2, 0.25) is 5.95 Å². The first-order chi connectivity index (χ1) is 11.2. The van der Waals surface area contributed by atoms with Crippen molar-refractivity contribution in [2.75, 3.05) is 18.5 Å². The Morgan fingerprint density at radius 3 is 2.74 bits per heavy atom. The Hall–Kier alpha value is -1.69. The summed E-state index contributed by atoms with van der Waals surface area (Å²) in [6.07, 6.45) is 0.642. The second-order valence-electron chi connectivity index (χ2n) is 5.04. The van der Waals surface area contributed by atoms with Gasteiger partial charge in [0.1, 0.15) is 0 Å². The highest BCUT2D eigenvalue weighted by molar-refractivity contribution is 9.10. The number of rotatable bonds is 5. The second kappa shape index (κ2) is 7.25. The van der Waals surface area contributed by atoms with E-state index in [0.717, 1.165) is 26.6 Å². The monoisotopic (exact) mass is 391 g/mol. The molecule has 0 unspecified atom stereocenters. The molecule has 23 heavy (non-hydrogen) atoms. The number of fused-ring (bicyclic) bond motifs is 1. The highest BCUT2D eigenvalue weighted by Crippen LogP contribution is 2.33. The van der Waals surface area contributed by atoms with E-state index in [-0.39, 0.29) is 6.61 Å². The number of hydrogen-bond donors (Lipinski definition) is 2. The molecule has 0 aliphatic rings. The van der Waals surface area contributed by atoms with Gasteiger partial charge in [-0.3, -0.25) is 0 Å². The Balaban J connectivity index is 2.16. The van der Waals surface area contributed by atoms with Crippen molar-refractivity contribution < 1.29 is 5.11 Å². The number of hydrogen-bond acceptors (Lipinski definition) is 4. The molecule has 0 saturated carbocycles. The fourth-order valence-electron chi connectivity index (χ4n) is 2.32. The fourth-order valence-corrected chi connectivity index (χ4v) is 2.90. The Morgan fingerprint density at radius 2 is 1.96 bits per heavy atom. The van der Waals surface area contributed by atoms with Crippen LogP contribution in [0.15, 0.2) is 46.9 Å². The summed E-state index contributed by atoms with van der Waals surface area (Å²) in [5.41, 5.74) is 2.49. The van der Waals surface area contributed by atoms with Crippen LogP contribution in [0.3, 0.4) is 0 Å². The predicted octanol–water partition coefficient (Wildman–Crippen LogP) is 4.51. The zero-order valence-corrected chi connectivity index (χ0v) is 14.6. The summed E-state index contributed by atoms with van der Waals surface area (Å²) in [5, 5.41) is 13.6. The van der Waals surface area contributed by atoms with E-state index < -0.39 is 0 Å². The number of halogens is 2. The van der Waals surface area contributed by atoms with Crippen LogP contribution in [0, 0.1) is 0 Å². The molecule has 2 aromatic carbocycles. The molecule has 0 aliphatic carbocycles. The van der Waals surface area contributed by atoms with Crippen LogP contribution in [0.4, 0.5) is 5.95 Å². The first kappa shape index (κ1) is 16.2. The third kappa shape index (κ3) is 3.63. The van der Waals surface area contributed by atoms with E-state index in [1.807, 2.05) is 42.5 Å². The molecular weight excluding hydrogens is 378 g/mol. The van der Waals surface area contributed by atoms with E-state index in [1.54, 1.807) is 0 Å². The van der Waals surface area contributed by atoms with Crippen LogP contribution in [-0.2, 0) is 0 Å². The van der Waals surface area contributed by atoms with Gasteiger partial charge in [0.25, 0.3) is 0 Å². The summed E-state index contributed by atoms with van der Waals surface area (Å²) in [6, 6.07) is 13.5. The highest BCUT2D eigenvalue weighted by Gasteiger charge is 2.12. The summed E-state index contributed by atoms with van der Waals surface area (Å²) in [6.45, 7) is 0.741. The smallest absolute Gasteiger partial charge is 0.223 e. The van der Waals surface area contributed by atoms with Gasteiger partial charge >= 0.3 is 0 Å². The van der Waals surface area contributed by atoms with Gasteiger partial charge in [-0.1, -0.05) is 45.7 Å². The number of nitrogens with zero attached hydrogens (tertiary/aromatic N) is 2. The summed E-state index contributed by atoms with van der Waals surface area (Å²) >= 11 is 9.85. The molecule has 2 N–H and O–H groups in total. The molecule has 0 saturated heterocycles. The van der Waals surface area contributed by atoms with Crippen LogP contribution in [0.25, 0.3) is 22.2 Å². The molecule has 0 bridgehead atoms. The van der Waals surface area contributed by atoms with E-state index in [9.17, 15) is 0 Å². The predicted molar refractivity (Wildman–Crippen MR) is 97.9 cm³/mol. The maximum absolute atomic E-state index is 8.91. The summed E-state index contributed by atoms with van der Waals surface area (Å²) < 4.78 is 0.961. The van der Waals surface area contributed by atoms with Crippen molar-refractivity contribution in [3.05, 3.63) is 52.0 Å². The molecule has 4 nitrogen and oxygen atoms in total. The quantitative estimate of drug-likeness (QED) is 0.627. The molecule has 1 heterocycles. The number of aliphatic hydroxyl groups is 1. The van der Waals surface area contributed by atoms with Gasteiger partial charge in [-0.2, -0.15) is 0 Å². The van der Waals surface area contributed by atoms with Crippen molar-refractivity contribution in [3.8, 4) is 11.3 Å². The second-order valence-corrected chi connectivity index (χ2v) is 6.36. The molecule has 3 aromatic rings. The molecule has 0 fully saturated rings. The number of aromatic nitrogens is 2. The molecular formula is C17H15BrClN3O. The fraction of sp³-hybridized carbons (Fsp3) is 0.176. The number of aliphatic hydroxyl groups excluding tert-OH is 1. The van der Waals surface area contributed by atoms with Crippen LogP contribution in [0.5, 0.6) is 0 Å². The molecule has 0 amide bonds. The zero-order chi connectivity index (χ0) is 16.2. The van der Waals surface area contributed by atoms with Gasteiger partial charge in [-0.05, 0) is 30.7 Å². The van der Waals surface area contributed by atoms with Crippen LogP contribution in [0.2, 0.25) is 5.02 Å². The lowest BCUT2D eigenvalue weighted by Crippen LogP contribution is -2.07. The Bertz CT molecular complexity index is 841. The molecule has 0 radical (unpaired) electrons. The molecule has 6 heteroatoms. The molecule has 3 rings (SSSR count). The van der Waals surface area contributed by atoms with Crippen molar-refractivity contribution in [2.45, 2.75) is 6.42 Å². The van der Waals surface area contributed by atoms with Gasteiger partial charge in [0.15, 0.2) is 0 Å². The van der Waals surface area contributed by atoms with Gasteiger partial charge < -0.3 is 10.4 Å². The van der Waals surface area contributed by atoms with E-state index >= 15 is 0 Å². The lowest BCUT2D eigenvalue weighted by molar-refractivity contribution is 0.292. The minimum atomic E-state index is 0.130. The summed E-state index contributed by atoms with van der Waals surface area (Å²) in [4.78, 5) is 9.17. The summed E-state index contributed by atoms with van der Waals surface area (Å²) in [7, 11) is 0. The van der Waals surface area contributed by atoms with Gasteiger partial charge in [-0.15, -0.1) is 0 Å². The Labute approximate surface area is 147 Å². The lowest BCUT2D eigenvalue weighted by Gasteiger charge is -2.11.